The summed E-state index contributed by atoms with van der Waals surface area (Å²) < 4.78 is 4.55. The molecule has 1 aromatic rings. The van der Waals surface area contributed by atoms with Gasteiger partial charge in [-0.25, -0.2) is 14.8 Å². The lowest BCUT2D eigenvalue weighted by Crippen LogP contribution is -2.32. The van der Waals surface area contributed by atoms with Crippen molar-refractivity contribution in [3.05, 3.63) is 18.1 Å². The van der Waals surface area contributed by atoms with Crippen LogP contribution >= 0.6 is 0 Å². The maximum atomic E-state index is 11.2. The molecular formula is C11H15N3O3. The second kappa shape index (κ2) is 5.09. The number of carbonyl (C=O) groups excluding carboxylic acids is 1. The minimum atomic E-state index is -0.496. The molecule has 17 heavy (non-hydrogen) atoms. The maximum absolute atomic E-state index is 11.2. The first-order chi connectivity index (χ1) is 8.26. The number of esters is 1. The van der Waals surface area contributed by atoms with Crippen LogP contribution in [0.5, 0.6) is 0 Å². The number of aromatic nitrogens is 2. The van der Waals surface area contributed by atoms with Gasteiger partial charge in [-0.15, -0.1) is 0 Å². The fraction of sp³-hybridized carbons (Fsp3) is 0.545. The second-order valence-corrected chi connectivity index (χ2v) is 3.92. The third-order valence-corrected chi connectivity index (χ3v) is 2.91. The third kappa shape index (κ3) is 2.36. The van der Waals surface area contributed by atoms with Gasteiger partial charge in [0.15, 0.2) is 5.69 Å². The molecule has 0 aliphatic carbocycles. The molecule has 0 saturated carbocycles. The van der Waals surface area contributed by atoms with Gasteiger partial charge < -0.3 is 14.7 Å². The quantitative estimate of drug-likeness (QED) is 0.758. The fourth-order valence-electron chi connectivity index (χ4n) is 2.01. The summed E-state index contributed by atoms with van der Waals surface area (Å²) in [5.41, 5.74) is 0.191. The standard InChI is InChI=1S/C11H15N3O3/c1-17-11(16)9-5-13-10(6-12-9)14-4-2-3-8(14)7-15/h5-6,8,15H,2-4,7H2,1H3. The molecule has 0 spiro atoms. The monoisotopic (exact) mass is 237 g/mol. The summed E-state index contributed by atoms with van der Waals surface area (Å²) in [6, 6.07) is 0.105. The van der Waals surface area contributed by atoms with E-state index in [4.69, 9.17) is 0 Å². The van der Waals surface area contributed by atoms with E-state index in [1.165, 1.54) is 13.3 Å². The van der Waals surface area contributed by atoms with Crippen molar-refractivity contribution in [3.63, 3.8) is 0 Å². The Kier molecular flexibility index (Phi) is 3.53. The molecule has 1 unspecified atom stereocenters. The number of ether oxygens (including phenoxy) is 1. The van der Waals surface area contributed by atoms with E-state index in [2.05, 4.69) is 14.7 Å². The zero-order valence-corrected chi connectivity index (χ0v) is 9.67. The van der Waals surface area contributed by atoms with Crippen molar-refractivity contribution in [2.24, 2.45) is 0 Å². The molecule has 6 nitrogen and oxygen atoms in total. The Morgan fingerprint density at radius 3 is 3.00 bits per heavy atom. The van der Waals surface area contributed by atoms with Crippen molar-refractivity contribution < 1.29 is 14.6 Å². The summed E-state index contributed by atoms with van der Waals surface area (Å²) in [6.45, 7) is 0.970. The predicted octanol–water partition coefficient (Wildman–Crippen LogP) is 0.224. The molecule has 6 heteroatoms. The number of aliphatic hydroxyl groups is 1. The highest BCUT2D eigenvalue weighted by atomic mass is 16.5. The van der Waals surface area contributed by atoms with Crippen LogP contribution < -0.4 is 4.90 Å². The van der Waals surface area contributed by atoms with Gasteiger partial charge in [0.05, 0.1) is 32.2 Å². The first-order valence-electron chi connectivity index (χ1n) is 5.54. The lowest BCUT2D eigenvalue weighted by atomic mass is 10.2. The van der Waals surface area contributed by atoms with Crippen molar-refractivity contribution >= 4 is 11.8 Å². The number of anilines is 1. The number of carbonyl (C=O) groups is 1. The maximum Gasteiger partial charge on any atom is 0.358 e. The first-order valence-corrected chi connectivity index (χ1v) is 5.54. The molecule has 1 N–H and O–H groups in total. The summed E-state index contributed by atoms with van der Waals surface area (Å²) in [4.78, 5) is 21.4. The summed E-state index contributed by atoms with van der Waals surface area (Å²) in [7, 11) is 1.31. The van der Waals surface area contributed by atoms with E-state index < -0.39 is 5.97 Å². The molecule has 1 saturated heterocycles. The zero-order chi connectivity index (χ0) is 12.3. The smallest absolute Gasteiger partial charge is 0.358 e. The van der Waals surface area contributed by atoms with E-state index in [-0.39, 0.29) is 18.3 Å². The van der Waals surface area contributed by atoms with Gasteiger partial charge in [-0.1, -0.05) is 0 Å². The van der Waals surface area contributed by atoms with Crippen LogP contribution in [0.15, 0.2) is 12.4 Å². The molecule has 0 bridgehead atoms. The van der Waals surface area contributed by atoms with E-state index in [1.807, 2.05) is 4.90 Å². The van der Waals surface area contributed by atoms with Gasteiger partial charge in [-0.05, 0) is 12.8 Å². The van der Waals surface area contributed by atoms with E-state index in [0.717, 1.165) is 19.4 Å². The average Bonchev–Trinajstić information content (AvgIpc) is 2.86. The Balaban J connectivity index is 2.15. The summed E-state index contributed by atoms with van der Waals surface area (Å²) in [5.74, 6) is 0.193. The van der Waals surface area contributed by atoms with E-state index in [9.17, 15) is 9.90 Å². The van der Waals surface area contributed by atoms with Crippen LogP contribution in [-0.2, 0) is 4.74 Å². The lowest BCUT2D eigenvalue weighted by Gasteiger charge is -2.23. The van der Waals surface area contributed by atoms with Gasteiger partial charge >= 0.3 is 5.97 Å². The normalized spacial score (nSPS) is 19.4. The Hall–Kier alpha value is -1.69. The number of aliphatic hydroxyl groups excluding tert-OH is 1. The highest BCUT2D eigenvalue weighted by molar-refractivity contribution is 5.86. The third-order valence-electron chi connectivity index (χ3n) is 2.91. The minimum absolute atomic E-state index is 0.105. The molecule has 92 valence electrons. The minimum Gasteiger partial charge on any atom is -0.464 e. The molecular weight excluding hydrogens is 222 g/mol. The van der Waals surface area contributed by atoms with Gasteiger partial charge in [-0.3, -0.25) is 0 Å². The van der Waals surface area contributed by atoms with Gasteiger partial charge in [-0.2, -0.15) is 0 Å². The van der Waals surface area contributed by atoms with Crippen LogP contribution in [0.1, 0.15) is 23.3 Å². The second-order valence-electron chi connectivity index (χ2n) is 3.92. The predicted molar refractivity (Wildman–Crippen MR) is 60.8 cm³/mol. The Bertz CT molecular complexity index is 393. The molecule has 2 heterocycles. The summed E-state index contributed by atoms with van der Waals surface area (Å²) in [6.07, 6.45) is 4.93. The van der Waals surface area contributed by atoms with Crippen molar-refractivity contribution in [2.45, 2.75) is 18.9 Å². The molecule has 1 aliphatic heterocycles. The van der Waals surface area contributed by atoms with Crippen LogP contribution in [0, 0.1) is 0 Å². The topological polar surface area (TPSA) is 75.5 Å². The van der Waals surface area contributed by atoms with E-state index in [0.29, 0.717) is 5.82 Å². The number of hydrogen-bond donors (Lipinski definition) is 1. The molecule has 1 fully saturated rings. The Labute approximate surface area is 99.2 Å². The van der Waals surface area contributed by atoms with Crippen LogP contribution in [0.25, 0.3) is 0 Å². The van der Waals surface area contributed by atoms with Crippen molar-refractivity contribution in [2.75, 3.05) is 25.2 Å². The summed E-state index contributed by atoms with van der Waals surface area (Å²) in [5, 5.41) is 9.21. The Morgan fingerprint density at radius 2 is 2.41 bits per heavy atom. The van der Waals surface area contributed by atoms with Crippen molar-refractivity contribution in [3.8, 4) is 0 Å². The molecule has 1 aromatic heterocycles. The highest BCUT2D eigenvalue weighted by Crippen LogP contribution is 2.22. The van der Waals surface area contributed by atoms with Gasteiger partial charge in [0.25, 0.3) is 0 Å². The highest BCUT2D eigenvalue weighted by Gasteiger charge is 2.25. The van der Waals surface area contributed by atoms with Gasteiger partial charge in [0.1, 0.15) is 5.82 Å². The lowest BCUT2D eigenvalue weighted by molar-refractivity contribution is 0.0593. The number of nitrogens with zero attached hydrogens (tertiary/aromatic N) is 3. The molecule has 1 atom stereocenters. The number of methoxy groups -OCH3 is 1. The number of rotatable bonds is 3. The largest absolute Gasteiger partial charge is 0.464 e. The molecule has 0 aromatic carbocycles. The van der Waals surface area contributed by atoms with Crippen molar-refractivity contribution in [1.29, 1.82) is 0 Å². The van der Waals surface area contributed by atoms with Crippen molar-refractivity contribution in [1.82, 2.24) is 9.97 Å². The molecule has 1 aliphatic rings. The average molecular weight is 237 g/mol. The fourth-order valence-corrected chi connectivity index (χ4v) is 2.01. The molecule has 2 rings (SSSR count). The number of hydrogen-bond acceptors (Lipinski definition) is 6. The van der Waals surface area contributed by atoms with Crippen LogP contribution in [0.4, 0.5) is 5.82 Å². The van der Waals surface area contributed by atoms with Crippen LogP contribution in [0.3, 0.4) is 0 Å². The van der Waals surface area contributed by atoms with Crippen LogP contribution in [0.2, 0.25) is 0 Å². The Morgan fingerprint density at radius 1 is 1.59 bits per heavy atom. The van der Waals surface area contributed by atoms with Gasteiger partial charge in [0.2, 0.25) is 0 Å². The molecule has 0 amide bonds. The summed E-state index contributed by atoms with van der Waals surface area (Å²) >= 11 is 0. The zero-order valence-electron chi connectivity index (χ0n) is 9.67. The SMILES string of the molecule is COC(=O)c1cnc(N2CCCC2CO)cn1. The van der Waals surface area contributed by atoms with Gasteiger partial charge in [0, 0.05) is 6.54 Å². The first kappa shape index (κ1) is 11.8. The molecule has 0 radical (unpaired) electrons. The van der Waals surface area contributed by atoms with E-state index in [1.54, 1.807) is 6.20 Å². The van der Waals surface area contributed by atoms with Crippen LogP contribution in [-0.4, -0.2) is 47.3 Å². The van der Waals surface area contributed by atoms with E-state index >= 15 is 0 Å².